The normalized spacial score (nSPS) is 12.8. The molecule has 0 aliphatic heterocycles. The van der Waals surface area contributed by atoms with Gasteiger partial charge in [0.25, 0.3) is 5.91 Å². The second kappa shape index (κ2) is 8.56. The average Bonchev–Trinajstić information content (AvgIpc) is 2.70. The number of amides is 1. The number of fused-ring (bicyclic) bond motifs is 2. The molecule has 1 atom stereocenters. The van der Waals surface area contributed by atoms with Gasteiger partial charge in [-0.05, 0) is 32.6 Å². The van der Waals surface area contributed by atoms with Crippen molar-refractivity contribution in [2.24, 2.45) is 0 Å². The molecule has 3 rings (SSSR count). The van der Waals surface area contributed by atoms with Crippen LogP contribution >= 0.6 is 0 Å². The highest BCUT2D eigenvalue weighted by Gasteiger charge is 2.33. The maximum atomic E-state index is 13.3. The van der Waals surface area contributed by atoms with Crippen molar-refractivity contribution in [3.63, 3.8) is 0 Å². The molecule has 1 amide bonds. The largest absolute Gasteiger partial charge is 0.480 e. The molecule has 0 heterocycles. The third-order valence-electron chi connectivity index (χ3n) is 6.18. The molecular formula is C26H29NO3Si. The van der Waals surface area contributed by atoms with E-state index in [4.69, 9.17) is 0 Å². The van der Waals surface area contributed by atoms with E-state index in [1.165, 1.54) is 0 Å². The molecule has 160 valence electrons. The van der Waals surface area contributed by atoms with Gasteiger partial charge >= 0.3 is 5.97 Å². The van der Waals surface area contributed by atoms with E-state index in [1.807, 2.05) is 54.6 Å². The quantitative estimate of drug-likeness (QED) is 0.320. The number of benzene rings is 3. The van der Waals surface area contributed by atoms with E-state index in [-0.39, 0.29) is 11.5 Å². The second-order valence-corrected chi connectivity index (χ2v) is 14.4. The van der Waals surface area contributed by atoms with Crippen molar-refractivity contribution in [3.05, 3.63) is 60.2 Å². The van der Waals surface area contributed by atoms with E-state index in [9.17, 15) is 14.7 Å². The molecule has 5 heteroatoms. The lowest BCUT2D eigenvalue weighted by atomic mass is 9.96. The maximum absolute atomic E-state index is 13.3. The Morgan fingerprint density at radius 3 is 2.00 bits per heavy atom. The van der Waals surface area contributed by atoms with Crippen molar-refractivity contribution >= 4 is 41.5 Å². The van der Waals surface area contributed by atoms with Gasteiger partial charge in [0.1, 0.15) is 14.1 Å². The highest BCUT2D eigenvalue weighted by Crippen LogP contribution is 2.35. The lowest BCUT2D eigenvalue weighted by molar-refractivity contribution is -0.139. The molecule has 0 aromatic heterocycles. The summed E-state index contributed by atoms with van der Waals surface area (Å²) in [7, 11) is -1.85. The molecule has 3 aromatic rings. The van der Waals surface area contributed by atoms with Gasteiger partial charge in [-0.25, -0.2) is 4.79 Å². The highest BCUT2D eigenvalue weighted by atomic mass is 28.3. The summed E-state index contributed by atoms with van der Waals surface area (Å²) in [6.07, 6.45) is 0.0796. The molecule has 0 fully saturated rings. The molecule has 0 unspecified atom stereocenters. The van der Waals surface area contributed by atoms with Gasteiger partial charge in [-0.3, -0.25) is 4.79 Å². The third kappa shape index (κ3) is 4.81. The molecular weight excluding hydrogens is 402 g/mol. The van der Waals surface area contributed by atoms with E-state index in [2.05, 4.69) is 50.6 Å². The van der Waals surface area contributed by atoms with Gasteiger partial charge in [-0.15, -0.1) is 11.5 Å². The molecule has 0 bridgehead atoms. The van der Waals surface area contributed by atoms with Crippen molar-refractivity contribution in [2.75, 3.05) is 0 Å². The van der Waals surface area contributed by atoms with Crippen molar-refractivity contribution in [3.8, 4) is 11.5 Å². The Hall–Kier alpha value is -3.10. The lowest BCUT2D eigenvalue weighted by Crippen LogP contribution is -2.41. The smallest absolute Gasteiger partial charge is 0.327 e. The maximum Gasteiger partial charge on any atom is 0.327 e. The van der Waals surface area contributed by atoms with E-state index in [0.29, 0.717) is 5.56 Å². The summed E-state index contributed by atoms with van der Waals surface area (Å²) in [5.74, 6) is 1.59. The van der Waals surface area contributed by atoms with Crippen molar-refractivity contribution < 1.29 is 14.7 Å². The fourth-order valence-electron chi connectivity index (χ4n) is 3.25. The molecule has 0 spiro atoms. The summed E-state index contributed by atoms with van der Waals surface area (Å²) in [5.41, 5.74) is 3.83. The van der Waals surface area contributed by atoms with Crippen LogP contribution in [-0.2, 0) is 4.79 Å². The van der Waals surface area contributed by atoms with Gasteiger partial charge in [0.2, 0.25) is 0 Å². The topological polar surface area (TPSA) is 66.4 Å². The number of hydrogen-bond acceptors (Lipinski definition) is 2. The molecule has 0 radical (unpaired) electrons. The van der Waals surface area contributed by atoms with E-state index < -0.39 is 26.0 Å². The van der Waals surface area contributed by atoms with E-state index in [0.717, 1.165) is 21.5 Å². The molecule has 0 saturated carbocycles. The summed E-state index contributed by atoms with van der Waals surface area (Å²) in [6.45, 7) is 10.8. The molecule has 2 N–H and O–H groups in total. The lowest BCUT2D eigenvalue weighted by Gasteiger charge is -2.31. The Labute approximate surface area is 184 Å². The number of nitrogens with one attached hydrogen (secondary N) is 1. The fraction of sp³-hybridized carbons (Fsp3) is 0.308. The number of carboxylic acid groups (broad SMARTS) is 1. The van der Waals surface area contributed by atoms with Crippen LogP contribution in [0.25, 0.3) is 21.5 Å². The van der Waals surface area contributed by atoms with Crippen molar-refractivity contribution in [2.45, 2.75) is 51.4 Å². The van der Waals surface area contributed by atoms with Gasteiger partial charge in [0.15, 0.2) is 0 Å². The minimum Gasteiger partial charge on any atom is -0.480 e. The number of carbonyl (C=O) groups is 2. The highest BCUT2D eigenvalue weighted by molar-refractivity contribution is 6.87. The first-order valence-electron chi connectivity index (χ1n) is 10.5. The van der Waals surface area contributed by atoms with Crippen LogP contribution in [0.4, 0.5) is 0 Å². The SMILES string of the molecule is CC(C)(C)[Si](C)(C)C#CC[C@H](NC(=O)c1c2ccccc2cc2ccccc12)C(=O)O. The van der Waals surface area contributed by atoms with E-state index >= 15 is 0 Å². The van der Waals surface area contributed by atoms with Crippen LogP contribution < -0.4 is 5.32 Å². The predicted octanol–water partition coefficient (Wildman–Crippen LogP) is 5.62. The van der Waals surface area contributed by atoms with Crippen LogP contribution in [-0.4, -0.2) is 31.1 Å². The van der Waals surface area contributed by atoms with Gasteiger partial charge in [-0.1, -0.05) is 82.4 Å². The standard InChI is InChI=1S/C26H29NO3Si/c1-26(2,3)31(4,5)16-10-15-22(25(29)30)27-24(28)23-20-13-8-6-11-18(20)17-19-12-7-9-14-21(19)23/h6-9,11-14,17,22H,15H2,1-5H3,(H,27,28)(H,29,30)/t22-/m0/s1. The molecule has 0 aliphatic carbocycles. The fourth-order valence-corrected chi connectivity index (χ4v) is 4.17. The van der Waals surface area contributed by atoms with Crippen LogP contribution in [0, 0.1) is 11.5 Å². The number of aliphatic carboxylic acids is 1. The Kier molecular flexibility index (Phi) is 6.24. The van der Waals surface area contributed by atoms with Crippen LogP contribution in [0.15, 0.2) is 54.6 Å². The monoisotopic (exact) mass is 431 g/mol. The Morgan fingerprint density at radius 1 is 1.00 bits per heavy atom. The van der Waals surface area contributed by atoms with Crippen molar-refractivity contribution in [1.29, 1.82) is 0 Å². The zero-order valence-electron chi connectivity index (χ0n) is 18.7. The minimum absolute atomic E-state index is 0.0796. The third-order valence-corrected chi connectivity index (χ3v) is 10.7. The zero-order chi connectivity index (χ0) is 22.8. The first-order chi connectivity index (χ1) is 14.5. The number of carboxylic acids is 1. The first kappa shape index (κ1) is 22.6. The molecule has 3 aromatic carbocycles. The van der Waals surface area contributed by atoms with Crippen LogP contribution in [0.3, 0.4) is 0 Å². The zero-order valence-corrected chi connectivity index (χ0v) is 19.7. The summed E-state index contributed by atoms with van der Waals surface area (Å²) in [4.78, 5) is 25.2. The molecule has 0 saturated heterocycles. The summed E-state index contributed by atoms with van der Waals surface area (Å²) < 4.78 is 0. The van der Waals surface area contributed by atoms with Crippen LogP contribution in [0.5, 0.6) is 0 Å². The predicted molar refractivity (Wildman–Crippen MR) is 130 cm³/mol. The number of rotatable bonds is 4. The Morgan fingerprint density at radius 2 is 1.52 bits per heavy atom. The Balaban J connectivity index is 1.95. The van der Waals surface area contributed by atoms with Gasteiger partial charge < -0.3 is 10.4 Å². The van der Waals surface area contributed by atoms with Gasteiger partial charge in [0.05, 0.1) is 5.56 Å². The average molecular weight is 432 g/mol. The summed E-state index contributed by atoms with van der Waals surface area (Å²) >= 11 is 0. The second-order valence-electron chi connectivity index (χ2n) is 9.44. The number of hydrogen-bond donors (Lipinski definition) is 2. The molecule has 0 aliphatic rings. The molecule has 31 heavy (non-hydrogen) atoms. The van der Waals surface area contributed by atoms with Gasteiger partial charge in [0, 0.05) is 6.42 Å². The Bertz CT molecular complexity index is 1160. The van der Waals surface area contributed by atoms with Crippen LogP contribution in [0.2, 0.25) is 18.1 Å². The van der Waals surface area contributed by atoms with Crippen LogP contribution in [0.1, 0.15) is 37.6 Å². The molecule has 4 nitrogen and oxygen atoms in total. The summed E-state index contributed by atoms with van der Waals surface area (Å²) in [5, 5.41) is 16.0. The number of carbonyl (C=O) groups excluding carboxylic acids is 1. The first-order valence-corrected chi connectivity index (χ1v) is 13.5. The van der Waals surface area contributed by atoms with Gasteiger partial charge in [-0.2, -0.15) is 0 Å². The summed E-state index contributed by atoms with van der Waals surface area (Å²) in [6, 6.07) is 16.3. The van der Waals surface area contributed by atoms with Crippen molar-refractivity contribution in [1.82, 2.24) is 5.32 Å². The minimum atomic E-state index is -1.85. The van der Waals surface area contributed by atoms with E-state index in [1.54, 1.807) is 0 Å².